The molecule has 0 atom stereocenters. The molecular formula is C16H13BrF3NO5. The fourth-order valence-corrected chi connectivity index (χ4v) is 2.68. The number of nitro groups is 1. The molecule has 0 amide bonds. The first-order valence-corrected chi connectivity index (χ1v) is 8.06. The topological polar surface area (TPSA) is 81.8 Å². The molecule has 140 valence electrons. The summed E-state index contributed by atoms with van der Waals surface area (Å²) < 4.78 is 49.6. The standard InChI is InChI=1S/C16H13BrF3NO5/c1-2-25-14-6-9(8-22)5-11(17)15(14)26-13-4-3-10(16(18,19)20)7-12(13)21(23)24/h3-7,22H,2,8H2,1H3. The van der Waals surface area contributed by atoms with E-state index in [-0.39, 0.29) is 30.5 Å². The zero-order chi connectivity index (χ0) is 19.5. The minimum Gasteiger partial charge on any atom is -0.490 e. The van der Waals surface area contributed by atoms with Gasteiger partial charge in [0.25, 0.3) is 0 Å². The second kappa shape index (κ2) is 7.92. The number of nitro benzene ring substituents is 1. The molecule has 1 N–H and O–H groups in total. The zero-order valence-corrected chi connectivity index (χ0v) is 14.9. The average Bonchev–Trinajstić information content (AvgIpc) is 2.56. The van der Waals surface area contributed by atoms with E-state index in [9.17, 15) is 28.4 Å². The number of alkyl halides is 3. The highest BCUT2D eigenvalue weighted by Crippen LogP contribution is 2.43. The number of benzene rings is 2. The average molecular weight is 436 g/mol. The minimum absolute atomic E-state index is 0.0481. The van der Waals surface area contributed by atoms with E-state index in [2.05, 4.69) is 15.9 Å². The number of hydrogen-bond donors (Lipinski definition) is 1. The number of aliphatic hydroxyl groups is 1. The van der Waals surface area contributed by atoms with Crippen LogP contribution in [0.15, 0.2) is 34.8 Å². The van der Waals surface area contributed by atoms with Gasteiger partial charge < -0.3 is 14.6 Å². The van der Waals surface area contributed by atoms with E-state index in [1.165, 1.54) is 12.1 Å². The number of ether oxygens (including phenoxy) is 2. The van der Waals surface area contributed by atoms with Gasteiger partial charge in [0.05, 0.1) is 28.2 Å². The third-order valence-corrected chi connectivity index (χ3v) is 3.84. The largest absolute Gasteiger partial charge is 0.490 e. The summed E-state index contributed by atoms with van der Waals surface area (Å²) in [7, 11) is 0. The molecule has 0 bridgehead atoms. The maximum atomic E-state index is 12.8. The van der Waals surface area contributed by atoms with Crippen molar-refractivity contribution in [3.05, 3.63) is 56.0 Å². The first-order chi connectivity index (χ1) is 12.2. The lowest BCUT2D eigenvalue weighted by atomic mass is 10.1. The smallest absolute Gasteiger partial charge is 0.416 e. The summed E-state index contributed by atoms with van der Waals surface area (Å²) in [6.45, 7) is 1.66. The third-order valence-electron chi connectivity index (χ3n) is 3.25. The molecule has 2 rings (SSSR count). The van der Waals surface area contributed by atoms with E-state index in [0.717, 1.165) is 6.07 Å². The fraction of sp³-hybridized carbons (Fsp3) is 0.250. The molecule has 26 heavy (non-hydrogen) atoms. The van der Waals surface area contributed by atoms with Gasteiger partial charge in [-0.2, -0.15) is 13.2 Å². The molecule has 0 aliphatic carbocycles. The van der Waals surface area contributed by atoms with Gasteiger partial charge in [0.1, 0.15) is 0 Å². The van der Waals surface area contributed by atoms with Gasteiger partial charge in [-0.3, -0.25) is 10.1 Å². The highest BCUT2D eigenvalue weighted by atomic mass is 79.9. The van der Waals surface area contributed by atoms with Crippen molar-refractivity contribution in [1.82, 2.24) is 0 Å². The Kier molecular flexibility index (Phi) is 6.09. The van der Waals surface area contributed by atoms with Gasteiger partial charge in [0.15, 0.2) is 11.5 Å². The molecular weight excluding hydrogens is 423 g/mol. The Balaban J connectivity index is 2.53. The summed E-state index contributed by atoms with van der Waals surface area (Å²) in [5.74, 6) is -0.145. The Bertz CT molecular complexity index is 826. The van der Waals surface area contributed by atoms with Crippen LogP contribution in [0.5, 0.6) is 17.2 Å². The van der Waals surface area contributed by atoms with E-state index in [1.54, 1.807) is 6.92 Å². The maximum absolute atomic E-state index is 12.8. The minimum atomic E-state index is -4.72. The second-order valence-corrected chi connectivity index (χ2v) is 5.89. The molecule has 0 saturated carbocycles. The molecule has 10 heteroatoms. The van der Waals surface area contributed by atoms with Crippen molar-refractivity contribution < 1.29 is 32.7 Å². The number of halogens is 4. The molecule has 0 aromatic heterocycles. The van der Waals surface area contributed by atoms with Crippen LogP contribution in [0, 0.1) is 10.1 Å². The predicted molar refractivity (Wildman–Crippen MR) is 89.4 cm³/mol. The Morgan fingerprint density at radius 2 is 1.92 bits per heavy atom. The summed E-state index contributed by atoms with van der Waals surface area (Å²) >= 11 is 3.21. The molecule has 0 aliphatic rings. The maximum Gasteiger partial charge on any atom is 0.416 e. The molecule has 0 heterocycles. The lowest BCUT2D eigenvalue weighted by Gasteiger charge is -2.15. The Hall–Kier alpha value is -2.33. The van der Waals surface area contributed by atoms with Crippen LogP contribution in [0.4, 0.5) is 18.9 Å². The van der Waals surface area contributed by atoms with Gasteiger partial charge in [-0.25, -0.2) is 0 Å². The number of aliphatic hydroxyl groups excluding tert-OH is 1. The molecule has 0 fully saturated rings. The second-order valence-electron chi connectivity index (χ2n) is 5.04. The van der Waals surface area contributed by atoms with E-state index in [0.29, 0.717) is 22.2 Å². The van der Waals surface area contributed by atoms with E-state index in [4.69, 9.17) is 9.47 Å². The SMILES string of the molecule is CCOc1cc(CO)cc(Br)c1Oc1ccc(C(F)(F)F)cc1[N+](=O)[O-]. The van der Waals surface area contributed by atoms with Crippen LogP contribution in [0.1, 0.15) is 18.1 Å². The first kappa shape index (κ1) is 20.0. The van der Waals surface area contributed by atoms with Gasteiger partial charge in [-0.15, -0.1) is 0 Å². The number of hydrogen-bond acceptors (Lipinski definition) is 5. The molecule has 0 spiro atoms. The Morgan fingerprint density at radius 1 is 1.23 bits per heavy atom. The van der Waals surface area contributed by atoms with Gasteiger partial charge in [0.2, 0.25) is 5.75 Å². The van der Waals surface area contributed by atoms with Crippen molar-refractivity contribution in [1.29, 1.82) is 0 Å². The zero-order valence-electron chi connectivity index (χ0n) is 13.3. The Labute approximate surface area is 154 Å². The van der Waals surface area contributed by atoms with Crippen molar-refractivity contribution >= 4 is 21.6 Å². The van der Waals surface area contributed by atoms with Crippen molar-refractivity contribution in [3.63, 3.8) is 0 Å². The summed E-state index contributed by atoms with van der Waals surface area (Å²) in [6, 6.07) is 4.96. The van der Waals surface area contributed by atoms with Crippen LogP contribution in [-0.2, 0) is 12.8 Å². The normalized spacial score (nSPS) is 11.3. The van der Waals surface area contributed by atoms with Crippen LogP contribution in [0.2, 0.25) is 0 Å². The molecule has 0 radical (unpaired) electrons. The van der Waals surface area contributed by atoms with Crippen LogP contribution in [-0.4, -0.2) is 16.6 Å². The lowest BCUT2D eigenvalue weighted by Crippen LogP contribution is -2.06. The molecule has 6 nitrogen and oxygen atoms in total. The third kappa shape index (κ3) is 4.44. The number of nitrogens with zero attached hydrogens (tertiary/aromatic N) is 1. The van der Waals surface area contributed by atoms with E-state index < -0.39 is 22.4 Å². The Morgan fingerprint density at radius 3 is 2.46 bits per heavy atom. The molecule has 2 aromatic rings. The molecule has 0 unspecified atom stereocenters. The van der Waals surface area contributed by atoms with Crippen LogP contribution >= 0.6 is 15.9 Å². The summed E-state index contributed by atoms with van der Waals surface area (Å²) in [4.78, 5) is 10.2. The molecule has 0 saturated heterocycles. The van der Waals surface area contributed by atoms with Gasteiger partial charge in [0, 0.05) is 6.07 Å². The molecule has 0 aliphatic heterocycles. The van der Waals surface area contributed by atoms with Gasteiger partial charge in [-0.1, -0.05) is 0 Å². The van der Waals surface area contributed by atoms with Crippen LogP contribution in [0.25, 0.3) is 0 Å². The van der Waals surface area contributed by atoms with Crippen molar-refractivity contribution in [2.45, 2.75) is 19.7 Å². The van der Waals surface area contributed by atoms with Crippen LogP contribution in [0.3, 0.4) is 0 Å². The summed E-state index contributed by atoms with van der Waals surface area (Å²) in [5, 5.41) is 20.4. The van der Waals surface area contributed by atoms with Crippen molar-refractivity contribution in [3.8, 4) is 17.2 Å². The highest BCUT2D eigenvalue weighted by Gasteiger charge is 2.33. The predicted octanol–water partition coefficient (Wildman–Crippen LogP) is 5.06. The van der Waals surface area contributed by atoms with Gasteiger partial charge >= 0.3 is 11.9 Å². The molecule has 2 aromatic carbocycles. The summed E-state index contributed by atoms with van der Waals surface area (Å²) in [5.41, 5.74) is -1.49. The van der Waals surface area contributed by atoms with Gasteiger partial charge in [-0.05, 0) is 52.7 Å². The van der Waals surface area contributed by atoms with E-state index in [1.807, 2.05) is 0 Å². The van der Waals surface area contributed by atoms with E-state index >= 15 is 0 Å². The summed E-state index contributed by atoms with van der Waals surface area (Å²) in [6.07, 6.45) is -4.72. The lowest BCUT2D eigenvalue weighted by molar-refractivity contribution is -0.385. The van der Waals surface area contributed by atoms with Crippen molar-refractivity contribution in [2.24, 2.45) is 0 Å². The number of rotatable bonds is 6. The van der Waals surface area contributed by atoms with Crippen molar-refractivity contribution in [2.75, 3.05) is 6.61 Å². The quantitative estimate of drug-likeness (QED) is 0.506. The highest BCUT2D eigenvalue weighted by molar-refractivity contribution is 9.10. The monoisotopic (exact) mass is 435 g/mol. The first-order valence-electron chi connectivity index (χ1n) is 7.27. The van der Waals surface area contributed by atoms with Crippen LogP contribution < -0.4 is 9.47 Å². The fourth-order valence-electron chi connectivity index (χ4n) is 2.11.